The van der Waals surface area contributed by atoms with Gasteiger partial charge >= 0.3 is 0 Å². The second kappa shape index (κ2) is 3.05. The lowest BCUT2D eigenvalue weighted by atomic mass is 10.1. The Morgan fingerprint density at radius 3 is 2.46 bits per heavy atom. The number of benzene rings is 1. The largest absolute Gasteiger partial charge is 0.445 e. The van der Waals surface area contributed by atoms with Crippen molar-refractivity contribution in [3.8, 4) is 11.3 Å². The molecular weight excluding hydrogens is 162 g/mol. The van der Waals surface area contributed by atoms with Gasteiger partial charge in [0.25, 0.3) is 0 Å². The van der Waals surface area contributed by atoms with Crippen molar-refractivity contribution in [2.75, 3.05) is 0 Å². The van der Waals surface area contributed by atoms with E-state index in [9.17, 15) is 0 Å². The smallest absolute Gasteiger partial charge is 0.191 e. The molecule has 1 aromatic carbocycles. The first-order valence-electron chi connectivity index (χ1n) is 4.12. The molecule has 0 spiro atoms. The van der Waals surface area contributed by atoms with Crippen LogP contribution in [0.3, 0.4) is 0 Å². The molecule has 2 heteroatoms. The van der Waals surface area contributed by atoms with Crippen molar-refractivity contribution >= 4 is 0 Å². The van der Waals surface area contributed by atoms with E-state index in [4.69, 9.17) is 4.42 Å². The fourth-order valence-electron chi connectivity index (χ4n) is 1.29. The lowest BCUT2D eigenvalue weighted by molar-refractivity contribution is 0.506. The Labute approximate surface area is 77.2 Å². The van der Waals surface area contributed by atoms with Crippen LogP contribution in [-0.4, -0.2) is 4.98 Å². The van der Waals surface area contributed by atoms with Crippen LogP contribution in [0.25, 0.3) is 11.3 Å². The molecule has 0 aliphatic rings. The molecule has 1 heterocycles. The van der Waals surface area contributed by atoms with E-state index in [-0.39, 0.29) is 0 Å². The van der Waals surface area contributed by atoms with Crippen molar-refractivity contribution in [3.63, 3.8) is 0 Å². The third kappa shape index (κ3) is 1.47. The minimum Gasteiger partial charge on any atom is -0.445 e. The second-order valence-electron chi connectivity index (χ2n) is 2.87. The van der Waals surface area contributed by atoms with Gasteiger partial charge in [-0.1, -0.05) is 30.3 Å². The maximum atomic E-state index is 5.25. The van der Waals surface area contributed by atoms with Gasteiger partial charge in [-0.15, -0.1) is 0 Å². The van der Waals surface area contributed by atoms with Gasteiger partial charge in [-0.25, -0.2) is 4.98 Å². The zero-order chi connectivity index (χ0) is 9.26. The van der Waals surface area contributed by atoms with Crippen LogP contribution in [0.5, 0.6) is 0 Å². The van der Waals surface area contributed by atoms with Crippen LogP contribution in [0.15, 0.2) is 34.7 Å². The van der Waals surface area contributed by atoms with Gasteiger partial charge in [-0.3, -0.25) is 0 Å². The van der Waals surface area contributed by atoms with Gasteiger partial charge in [0.05, 0.1) is 0 Å². The van der Waals surface area contributed by atoms with Crippen molar-refractivity contribution in [1.29, 1.82) is 0 Å². The summed E-state index contributed by atoms with van der Waals surface area (Å²) in [5.41, 5.74) is 1.88. The zero-order valence-corrected chi connectivity index (χ0v) is 7.45. The van der Waals surface area contributed by atoms with E-state index in [1.54, 1.807) is 0 Å². The molecule has 2 aromatic rings. The van der Waals surface area contributed by atoms with Crippen molar-refractivity contribution in [1.82, 2.24) is 4.98 Å². The maximum Gasteiger partial charge on any atom is 0.191 e. The molecule has 0 fully saturated rings. The van der Waals surface area contributed by atoms with Crippen LogP contribution in [0, 0.1) is 13.8 Å². The minimum atomic E-state index is 0.628. The summed E-state index contributed by atoms with van der Waals surface area (Å²) in [6, 6.07) is 9.90. The summed E-state index contributed by atoms with van der Waals surface area (Å²) in [5.74, 6) is 1.28. The van der Waals surface area contributed by atoms with Crippen LogP contribution in [0.2, 0.25) is 0 Å². The van der Waals surface area contributed by atoms with Gasteiger partial charge in [0.2, 0.25) is 0 Å². The van der Waals surface area contributed by atoms with Gasteiger partial charge in [0.15, 0.2) is 5.89 Å². The van der Waals surface area contributed by atoms with E-state index in [1.807, 2.05) is 37.3 Å². The molecule has 1 radical (unpaired) electrons. The van der Waals surface area contributed by atoms with Crippen LogP contribution in [-0.2, 0) is 0 Å². The molecule has 0 saturated carbocycles. The van der Waals surface area contributed by atoms with E-state index in [0.717, 1.165) is 11.3 Å². The van der Waals surface area contributed by atoms with E-state index < -0.39 is 0 Å². The highest BCUT2D eigenvalue weighted by Gasteiger charge is 2.07. The van der Waals surface area contributed by atoms with Gasteiger partial charge in [0, 0.05) is 19.4 Å². The van der Waals surface area contributed by atoms with Crippen LogP contribution < -0.4 is 0 Å². The molecule has 0 N–H and O–H groups in total. The molecule has 13 heavy (non-hydrogen) atoms. The Morgan fingerprint density at radius 1 is 1.23 bits per heavy atom. The van der Waals surface area contributed by atoms with Gasteiger partial charge in [-0.2, -0.15) is 0 Å². The van der Waals surface area contributed by atoms with Crippen molar-refractivity contribution in [3.05, 3.63) is 48.9 Å². The third-order valence-electron chi connectivity index (χ3n) is 1.85. The van der Waals surface area contributed by atoms with E-state index >= 15 is 0 Å². The lowest BCUT2D eigenvalue weighted by Gasteiger charge is -1.94. The van der Waals surface area contributed by atoms with Crippen LogP contribution in [0.1, 0.15) is 11.7 Å². The van der Waals surface area contributed by atoms with Crippen molar-refractivity contribution in [2.45, 2.75) is 6.92 Å². The number of aryl methyl sites for hydroxylation is 1. The molecule has 65 valence electrons. The number of oxazole rings is 1. The number of rotatable bonds is 1. The van der Waals surface area contributed by atoms with Gasteiger partial charge in [0.1, 0.15) is 11.5 Å². The Balaban J connectivity index is 2.53. The highest BCUT2D eigenvalue weighted by molar-refractivity contribution is 5.61. The summed E-state index contributed by atoms with van der Waals surface area (Å²) in [6.07, 6.45) is 0. The fourth-order valence-corrected chi connectivity index (χ4v) is 1.29. The molecule has 0 aliphatic heterocycles. The van der Waals surface area contributed by atoms with Crippen LogP contribution >= 0.6 is 0 Å². The first-order valence-corrected chi connectivity index (χ1v) is 4.12. The Bertz CT molecular complexity index is 403. The highest BCUT2D eigenvalue weighted by Crippen LogP contribution is 2.22. The number of aromatic nitrogens is 1. The molecule has 0 unspecified atom stereocenters. The Morgan fingerprint density at radius 2 is 1.92 bits per heavy atom. The summed E-state index contributed by atoms with van der Waals surface area (Å²) in [7, 11) is 0. The number of hydrogen-bond acceptors (Lipinski definition) is 2. The molecule has 2 nitrogen and oxygen atoms in total. The monoisotopic (exact) mass is 172 g/mol. The molecule has 0 saturated heterocycles. The molecule has 0 bridgehead atoms. The number of hydrogen-bond donors (Lipinski definition) is 0. The minimum absolute atomic E-state index is 0.628. The maximum absolute atomic E-state index is 5.25. The summed E-state index contributed by atoms with van der Waals surface area (Å²) in [5, 5.41) is 0. The summed E-state index contributed by atoms with van der Waals surface area (Å²) >= 11 is 0. The van der Waals surface area contributed by atoms with Crippen LogP contribution in [0.4, 0.5) is 0 Å². The zero-order valence-electron chi connectivity index (χ0n) is 7.45. The Kier molecular flexibility index (Phi) is 1.89. The quantitative estimate of drug-likeness (QED) is 0.661. The lowest BCUT2D eigenvalue weighted by Crippen LogP contribution is -1.79. The average molecular weight is 172 g/mol. The summed E-state index contributed by atoms with van der Waals surface area (Å²) < 4.78 is 5.25. The third-order valence-corrected chi connectivity index (χ3v) is 1.85. The fraction of sp³-hybridized carbons (Fsp3) is 0.0909. The predicted octanol–water partition coefficient (Wildman–Crippen LogP) is 2.83. The first-order chi connectivity index (χ1) is 6.27. The predicted molar refractivity (Wildman–Crippen MR) is 51.1 cm³/mol. The SMILES string of the molecule is [CH2]c1oc(C)nc1-c1ccccc1. The molecule has 0 aliphatic carbocycles. The molecule has 0 amide bonds. The molecule has 1 aromatic heterocycles. The topological polar surface area (TPSA) is 26.0 Å². The first kappa shape index (κ1) is 8.05. The van der Waals surface area contributed by atoms with E-state index in [1.165, 1.54) is 0 Å². The average Bonchev–Trinajstić information content (AvgIpc) is 2.47. The Hall–Kier alpha value is -1.57. The second-order valence-corrected chi connectivity index (χ2v) is 2.87. The van der Waals surface area contributed by atoms with E-state index in [0.29, 0.717) is 11.7 Å². The summed E-state index contributed by atoms with van der Waals surface area (Å²) in [6.45, 7) is 5.61. The van der Waals surface area contributed by atoms with E-state index in [2.05, 4.69) is 11.9 Å². The van der Waals surface area contributed by atoms with Crippen molar-refractivity contribution < 1.29 is 4.42 Å². The highest BCUT2D eigenvalue weighted by atomic mass is 16.4. The number of nitrogens with zero attached hydrogens (tertiary/aromatic N) is 1. The van der Waals surface area contributed by atoms with Crippen molar-refractivity contribution in [2.24, 2.45) is 0 Å². The standard InChI is InChI=1S/C11H10NO/c1-8-11(12-9(2)13-8)10-6-4-3-5-7-10/h3-7H,1H2,2H3. The molecule has 0 atom stereocenters. The van der Waals surface area contributed by atoms with Gasteiger partial charge in [-0.05, 0) is 0 Å². The normalized spacial score (nSPS) is 10.3. The summed E-state index contributed by atoms with van der Waals surface area (Å²) in [4.78, 5) is 4.25. The molecule has 2 rings (SSSR count). The van der Waals surface area contributed by atoms with Gasteiger partial charge < -0.3 is 4.42 Å². The molecular formula is C11H10NO.